The molecule has 0 spiro atoms. The van der Waals surface area contributed by atoms with E-state index in [-0.39, 0.29) is 6.04 Å². The van der Waals surface area contributed by atoms with E-state index >= 15 is 0 Å². The standard InChI is InChI=1S/C16H26N2OS/c1-12(7-9-20-3)18(2)15(11-17)13-4-5-16-14(10-13)6-8-19-16/h4-5,10,12,15H,6-9,11,17H2,1-3H3. The van der Waals surface area contributed by atoms with Crippen molar-refractivity contribution >= 4 is 11.8 Å². The summed E-state index contributed by atoms with van der Waals surface area (Å²) >= 11 is 1.90. The molecular formula is C16H26N2OS. The number of benzene rings is 1. The molecule has 2 N–H and O–H groups in total. The molecule has 2 unspecified atom stereocenters. The summed E-state index contributed by atoms with van der Waals surface area (Å²) in [5, 5.41) is 0. The van der Waals surface area contributed by atoms with Crippen LogP contribution in [0.3, 0.4) is 0 Å². The first kappa shape index (κ1) is 15.7. The highest BCUT2D eigenvalue weighted by atomic mass is 32.2. The number of hydrogen-bond donors (Lipinski definition) is 1. The third-order valence-corrected chi connectivity index (χ3v) is 4.89. The third kappa shape index (κ3) is 3.48. The largest absolute Gasteiger partial charge is 0.493 e. The molecule has 0 bridgehead atoms. The number of rotatable bonds is 7. The van der Waals surface area contributed by atoms with Gasteiger partial charge in [0.15, 0.2) is 0 Å². The number of hydrogen-bond acceptors (Lipinski definition) is 4. The van der Waals surface area contributed by atoms with Crippen molar-refractivity contribution in [3.05, 3.63) is 29.3 Å². The van der Waals surface area contributed by atoms with Gasteiger partial charge in [-0.05, 0) is 49.6 Å². The monoisotopic (exact) mass is 294 g/mol. The second-order valence-corrected chi connectivity index (χ2v) is 6.50. The van der Waals surface area contributed by atoms with Crippen molar-refractivity contribution in [2.24, 2.45) is 5.73 Å². The Bertz CT molecular complexity index is 438. The van der Waals surface area contributed by atoms with E-state index in [9.17, 15) is 0 Å². The SMILES string of the molecule is CSCCC(C)N(C)C(CN)c1ccc2c(c1)CCO2. The number of nitrogens with two attached hydrogens (primary N) is 1. The maximum Gasteiger partial charge on any atom is 0.122 e. The molecule has 2 atom stereocenters. The Balaban J connectivity index is 2.11. The first-order chi connectivity index (χ1) is 9.67. The summed E-state index contributed by atoms with van der Waals surface area (Å²) in [4.78, 5) is 2.41. The molecule has 0 radical (unpaired) electrons. The maximum absolute atomic E-state index is 6.04. The van der Waals surface area contributed by atoms with Gasteiger partial charge in [0.25, 0.3) is 0 Å². The minimum absolute atomic E-state index is 0.290. The fourth-order valence-corrected chi connectivity index (χ4v) is 3.33. The van der Waals surface area contributed by atoms with Gasteiger partial charge in [0.05, 0.1) is 6.61 Å². The number of likely N-dealkylation sites (N-methyl/N-ethyl adjacent to an activating group) is 1. The molecule has 1 aromatic carbocycles. The average molecular weight is 294 g/mol. The van der Waals surface area contributed by atoms with Gasteiger partial charge < -0.3 is 10.5 Å². The fraction of sp³-hybridized carbons (Fsp3) is 0.625. The third-order valence-electron chi connectivity index (χ3n) is 4.25. The minimum atomic E-state index is 0.290. The van der Waals surface area contributed by atoms with Gasteiger partial charge >= 0.3 is 0 Å². The highest BCUT2D eigenvalue weighted by Crippen LogP contribution is 2.30. The van der Waals surface area contributed by atoms with Crippen molar-refractivity contribution in [3.63, 3.8) is 0 Å². The van der Waals surface area contributed by atoms with E-state index in [1.54, 1.807) is 0 Å². The van der Waals surface area contributed by atoms with E-state index in [2.05, 4.69) is 43.3 Å². The lowest BCUT2D eigenvalue weighted by atomic mass is 10.00. The van der Waals surface area contributed by atoms with E-state index < -0.39 is 0 Å². The lowest BCUT2D eigenvalue weighted by Gasteiger charge is -2.33. The van der Waals surface area contributed by atoms with Gasteiger partial charge in [0.1, 0.15) is 5.75 Å². The fourth-order valence-electron chi connectivity index (χ4n) is 2.75. The molecule has 1 heterocycles. The van der Waals surface area contributed by atoms with Gasteiger partial charge in [0.2, 0.25) is 0 Å². The van der Waals surface area contributed by atoms with E-state index in [0.29, 0.717) is 12.6 Å². The lowest BCUT2D eigenvalue weighted by Crippen LogP contribution is -2.37. The predicted octanol–water partition coefficient (Wildman–Crippen LogP) is 2.69. The van der Waals surface area contributed by atoms with Crippen molar-refractivity contribution in [1.29, 1.82) is 0 Å². The molecule has 0 amide bonds. The molecule has 0 fully saturated rings. The number of thioether (sulfide) groups is 1. The normalized spacial score (nSPS) is 16.9. The molecule has 4 heteroatoms. The van der Waals surface area contributed by atoms with Crippen LogP contribution in [0.4, 0.5) is 0 Å². The molecular weight excluding hydrogens is 268 g/mol. The topological polar surface area (TPSA) is 38.5 Å². The number of nitrogens with zero attached hydrogens (tertiary/aromatic N) is 1. The van der Waals surface area contributed by atoms with Crippen LogP contribution in [-0.4, -0.2) is 43.1 Å². The van der Waals surface area contributed by atoms with E-state index in [1.165, 1.54) is 23.3 Å². The average Bonchev–Trinajstić information content (AvgIpc) is 2.93. The van der Waals surface area contributed by atoms with Gasteiger partial charge in [0, 0.05) is 25.0 Å². The zero-order valence-electron chi connectivity index (χ0n) is 12.8. The van der Waals surface area contributed by atoms with E-state index in [4.69, 9.17) is 10.5 Å². The Morgan fingerprint density at radius 2 is 2.25 bits per heavy atom. The summed E-state index contributed by atoms with van der Waals surface area (Å²) in [6, 6.07) is 7.37. The van der Waals surface area contributed by atoms with Gasteiger partial charge in [-0.3, -0.25) is 4.90 Å². The predicted molar refractivity (Wildman–Crippen MR) is 87.7 cm³/mol. The molecule has 112 valence electrons. The highest BCUT2D eigenvalue weighted by Gasteiger charge is 2.22. The first-order valence-electron chi connectivity index (χ1n) is 7.34. The van der Waals surface area contributed by atoms with Crippen molar-refractivity contribution in [2.45, 2.75) is 31.8 Å². The molecule has 1 aliphatic heterocycles. The van der Waals surface area contributed by atoms with Crippen LogP contribution in [0.2, 0.25) is 0 Å². The second-order valence-electron chi connectivity index (χ2n) is 5.51. The van der Waals surface area contributed by atoms with Gasteiger partial charge in [-0.15, -0.1) is 0 Å². The van der Waals surface area contributed by atoms with Crippen LogP contribution < -0.4 is 10.5 Å². The van der Waals surface area contributed by atoms with Crippen molar-refractivity contribution < 1.29 is 4.74 Å². The summed E-state index contributed by atoms with van der Waals surface area (Å²) in [6.45, 7) is 3.75. The molecule has 0 aliphatic carbocycles. The molecule has 2 rings (SSSR count). The summed E-state index contributed by atoms with van der Waals surface area (Å²) in [6.07, 6.45) is 4.38. The van der Waals surface area contributed by atoms with Crippen LogP contribution in [0.5, 0.6) is 5.75 Å². The van der Waals surface area contributed by atoms with Crippen LogP contribution in [0.15, 0.2) is 18.2 Å². The Morgan fingerprint density at radius 1 is 1.45 bits per heavy atom. The minimum Gasteiger partial charge on any atom is -0.493 e. The summed E-state index contributed by atoms with van der Waals surface area (Å²) in [5.41, 5.74) is 8.68. The van der Waals surface area contributed by atoms with E-state index in [1.807, 2.05) is 11.8 Å². The van der Waals surface area contributed by atoms with Crippen molar-refractivity contribution in [2.75, 3.05) is 32.2 Å². The smallest absolute Gasteiger partial charge is 0.122 e. The van der Waals surface area contributed by atoms with Crippen LogP contribution >= 0.6 is 11.8 Å². The molecule has 0 saturated heterocycles. The Hall–Kier alpha value is -0.710. The first-order valence-corrected chi connectivity index (χ1v) is 8.73. The zero-order valence-corrected chi connectivity index (χ0v) is 13.6. The Morgan fingerprint density at radius 3 is 2.95 bits per heavy atom. The zero-order chi connectivity index (χ0) is 14.5. The molecule has 3 nitrogen and oxygen atoms in total. The van der Waals surface area contributed by atoms with Crippen LogP contribution in [0.1, 0.15) is 30.5 Å². The Kier molecular flexibility index (Phi) is 5.75. The molecule has 0 aromatic heterocycles. The van der Waals surface area contributed by atoms with Crippen molar-refractivity contribution in [3.8, 4) is 5.75 Å². The molecule has 0 saturated carbocycles. The van der Waals surface area contributed by atoms with Gasteiger partial charge in [-0.1, -0.05) is 12.1 Å². The number of fused-ring (bicyclic) bond motifs is 1. The van der Waals surface area contributed by atoms with E-state index in [0.717, 1.165) is 18.8 Å². The quantitative estimate of drug-likeness (QED) is 0.839. The number of ether oxygens (including phenoxy) is 1. The second kappa shape index (κ2) is 7.34. The van der Waals surface area contributed by atoms with Gasteiger partial charge in [-0.2, -0.15) is 11.8 Å². The molecule has 1 aromatic rings. The lowest BCUT2D eigenvalue weighted by molar-refractivity contribution is 0.185. The maximum atomic E-state index is 6.04. The molecule has 20 heavy (non-hydrogen) atoms. The van der Waals surface area contributed by atoms with Crippen molar-refractivity contribution in [1.82, 2.24) is 4.90 Å². The summed E-state index contributed by atoms with van der Waals surface area (Å²) < 4.78 is 5.58. The molecule has 1 aliphatic rings. The highest BCUT2D eigenvalue weighted by molar-refractivity contribution is 7.98. The van der Waals surface area contributed by atoms with Crippen LogP contribution in [0, 0.1) is 0 Å². The van der Waals surface area contributed by atoms with Crippen LogP contribution in [0.25, 0.3) is 0 Å². The summed E-state index contributed by atoms with van der Waals surface area (Å²) in [5.74, 6) is 2.24. The summed E-state index contributed by atoms with van der Waals surface area (Å²) in [7, 11) is 2.19. The van der Waals surface area contributed by atoms with Crippen LogP contribution in [-0.2, 0) is 6.42 Å². The van der Waals surface area contributed by atoms with Gasteiger partial charge in [-0.25, -0.2) is 0 Å². The Labute approximate surface area is 126 Å².